The average Bonchev–Trinajstić information content (AvgIpc) is 3.60. The second kappa shape index (κ2) is 16.0. The molecule has 0 amide bonds. The van der Waals surface area contributed by atoms with E-state index in [9.17, 15) is 31.7 Å². The maximum atomic E-state index is 13.6. The number of benzene rings is 3. The molecule has 11 nitrogen and oxygen atoms in total. The van der Waals surface area contributed by atoms with E-state index in [4.69, 9.17) is 16.3 Å². The van der Waals surface area contributed by atoms with Crippen LogP contribution in [0.25, 0.3) is 16.6 Å². The minimum absolute atomic E-state index is 0.0667. The molecule has 7 rings (SSSR count). The number of alkyl halides is 3. The Morgan fingerprint density at radius 2 is 1.74 bits per heavy atom. The van der Waals surface area contributed by atoms with Crippen LogP contribution in [0.1, 0.15) is 45.1 Å². The van der Waals surface area contributed by atoms with Gasteiger partial charge in [0.1, 0.15) is 17.2 Å². The van der Waals surface area contributed by atoms with Crippen LogP contribution in [0.2, 0.25) is 5.02 Å². The zero-order valence-corrected chi connectivity index (χ0v) is 33.0. The lowest BCUT2D eigenvalue weighted by Gasteiger charge is -2.39. The van der Waals surface area contributed by atoms with Crippen LogP contribution in [-0.2, 0) is 10.0 Å². The highest BCUT2D eigenvalue weighted by Gasteiger charge is 2.30. The molecule has 0 saturated carbocycles. The van der Waals surface area contributed by atoms with Crippen LogP contribution >= 0.6 is 11.6 Å². The summed E-state index contributed by atoms with van der Waals surface area (Å²) in [5.74, 6) is 0.965. The molecule has 3 heterocycles. The minimum atomic E-state index is -4.46. The van der Waals surface area contributed by atoms with E-state index in [-0.39, 0.29) is 16.7 Å². The number of pyridine rings is 1. The normalized spacial score (nSPS) is 16.6. The molecule has 1 N–H and O–H groups in total. The van der Waals surface area contributed by atoms with E-state index < -0.39 is 44.7 Å². The Morgan fingerprint density at radius 1 is 0.982 bits per heavy atom. The third-order valence-electron chi connectivity index (χ3n) is 10.5. The van der Waals surface area contributed by atoms with Crippen molar-refractivity contribution in [2.45, 2.75) is 50.6 Å². The van der Waals surface area contributed by atoms with Gasteiger partial charge in [-0.25, -0.2) is 17.4 Å². The predicted octanol–water partition coefficient (Wildman–Crippen LogP) is 9.78. The molecule has 0 bridgehead atoms. The Bertz CT molecular complexity index is 2430. The number of anilines is 2. The second-order valence-electron chi connectivity index (χ2n) is 15.2. The van der Waals surface area contributed by atoms with Crippen LogP contribution in [0.15, 0.2) is 102 Å². The molecule has 1 fully saturated rings. The Hall–Kier alpha value is -5.12. The molecular formula is C41H42ClF3N6O5S. The first-order chi connectivity index (χ1) is 27.0. The number of ether oxygens (including phenoxy) is 1. The van der Waals surface area contributed by atoms with E-state index in [1.54, 1.807) is 6.07 Å². The molecule has 5 aromatic rings. The zero-order valence-electron chi connectivity index (χ0n) is 31.4. The summed E-state index contributed by atoms with van der Waals surface area (Å²) in [6.45, 7) is 8.57. The first kappa shape index (κ1) is 40.1. The number of halogens is 4. The topological polar surface area (TPSA) is 123 Å². The number of hydrogen-bond donors (Lipinski definition) is 1. The fourth-order valence-corrected chi connectivity index (χ4v) is 8.89. The molecule has 0 radical (unpaired) electrons. The van der Waals surface area contributed by atoms with Gasteiger partial charge in [-0.2, -0.15) is 13.2 Å². The van der Waals surface area contributed by atoms with Crippen molar-refractivity contribution < 1.29 is 31.2 Å². The summed E-state index contributed by atoms with van der Waals surface area (Å²) in [5.41, 5.74) is 4.65. The number of nitrogens with zero attached hydrogens (tertiary/aromatic N) is 5. The van der Waals surface area contributed by atoms with Gasteiger partial charge in [-0.05, 0) is 84.3 Å². The first-order valence-corrected chi connectivity index (χ1v) is 20.4. The number of fused-ring (bicyclic) bond motifs is 1. The van der Waals surface area contributed by atoms with Crippen LogP contribution < -0.4 is 15.0 Å². The number of aromatic nitrogens is 2. The van der Waals surface area contributed by atoms with Crippen molar-refractivity contribution >= 4 is 55.3 Å². The third kappa shape index (κ3) is 9.37. The fourth-order valence-electron chi connectivity index (χ4n) is 7.43. The van der Waals surface area contributed by atoms with Gasteiger partial charge in [-0.15, -0.1) is 0 Å². The van der Waals surface area contributed by atoms with Crippen molar-refractivity contribution in [2.24, 2.45) is 5.41 Å². The van der Waals surface area contributed by atoms with E-state index in [1.807, 2.05) is 30.3 Å². The standard InChI is InChI=1S/C41H42ClF3N6O5S/c1-40(2)14-12-30(36(25-40)28-6-8-31(42)9-7-28)27-48-18-20-49(21-19-48)32-4-3-5-33(23-32)56-34-22-29-13-17-50(39(29)47-26-34)57(54,55)35-10-11-37(38(24-35)51(52)53)46-16-15-41(43,44)45/h3-11,13,17,22-24,26,46H,12,14-16,18-21,25,27H2,1-2H3. The fraction of sp³-hybridized carbons (Fsp3) is 0.341. The molecular weight excluding hydrogens is 781 g/mol. The Balaban J connectivity index is 1.01. The summed E-state index contributed by atoms with van der Waals surface area (Å²) in [6.07, 6.45) is 0.297. The number of piperazine rings is 1. The molecule has 1 saturated heterocycles. The highest BCUT2D eigenvalue weighted by atomic mass is 35.5. The molecule has 57 heavy (non-hydrogen) atoms. The van der Waals surface area contributed by atoms with E-state index in [0.717, 1.165) is 78.4 Å². The van der Waals surface area contributed by atoms with E-state index in [2.05, 4.69) is 52.1 Å². The summed E-state index contributed by atoms with van der Waals surface area (Å²) < 4.78 is 72.1. The molecule has 2 aliphatic rings. The maximum Gasteiger partial charge on any atom is 0.390 e. The van der Waals surface area contributed by atoms with Gasteiger partial charge in [0, 0.05) is 73.7 Å². The average molecular weight is 823 g/mol. The van der Waals surface area contributed by atoms with Crippen LogP contribution in [0.5, 0.6) is 11.5 Å². The smallest absolute Gasteiger partial charge is 0.390 e. The van der Waals surface area contributed by atoms with E-state index in [0.29, 0.717) is 16.9 Å². The van der Waals surface area contributed by atoms with Gasteiger partial charge in [0.15, 0.2) is 5.65 Å². The van der Waals surface area contributed by atoms with Gasteiger partial charge in [-0.3, -0.25) is 15.0 Å². The number of nitro groups is 1. The van der Waals surface area contributed by atoms with E-state index >= 15 is 0 Å². The third-order valence-corrected chi connectivity index (χ3v) is 12.4. The first-order valence-electron chi connectivity index (χ1n) is 18.6. The van der Waals surface area contributed by atoms with Crippen LogP contribution in [0, 0.1) is 15.5 Å². The SMILES string of the molecule is CC1(C)CCC(CN2CCN(c3cccc(Oc4cnc5c(ccn5S(=O)(=O)c5ccc(NCCC(F)(F)F)c([N+](=O)[O-])c5)c4)c3)CC2)=C(c2ccc(Cl)cc2)C1. The molecule has 300 valence electrons. The van der Waals surface area contributed by atoms with Crippen molar-refractivity contribution in [3.05, 3.63) is 118 Å². The molecule has 1 aliphatic carbocycles. The Labute approximate surface area is 333 Å². The zero-order chi connectivity index (χ0) is 40.5. The number of nitrogens with one attached hydrogen (secondary N) is 1. The maximum absolute atomic E-state index is 13.6. The lowest BCUT2D eigenvalue weighted by Crippen LogP contribution is -2.47. The summed E-state index contributed by atoms with van der Waals surface area (Å²) in [4.78, 5) is 19.7. The van der Waals surface area contributed by atoms with Gasteiger partial charge in [0.05, 0.1) is 22.4 Å². The minimum Gasteiger partial charge on any atom is -0.456 e. The van der Waals surface area contributed by atoms with Crippen LogP contribution in [0.4, 0.5) is 30.2 Å². The molecule has 0 spiro atoms. The van der Waals surface area contributed by atoms with Crippen molar-refractivity contribution in [3.8, 4) is 11.5 Å². The predicted molar refractivity (Wildman–Crippen MR) is 216 cm³/mol. The van der Waals surface area contributed by atoms with Crippen LogP contribution in [0.3, 0.4) is 0 Å². The monoisotopic (exact) mass is 822 g/mol. The van der Waals surface area contributed by atoms with Crippen molar-refractivity contribution in [1.82, 2.24) is 13.9 Å². The molecule has 1 aliphatic heterocycles. The largest absolute Gasteiger partial charge is 0.456 e. The van der Waals surface area contributed by atoms with Gasteiger partial charge in [0.25, 0.3) is 15.7 Å². The van der Waals surface area contributed by atoms with Crippen molar-refractivity contribution in [3.63, 3.8) is 0 Å². The lowest BCUT2D eigenvalue weighted by molar-refractivity contribution is -0.384. The molecule has 2 aromatic heterocycles. The lowest BCUT2D eigenvalue weighted by atomic mass is 9.72. The quantitative estimate of drug-likeness (QED) is 0.0968. The summed E-state index contributed by atoms with van der Waals surface area (Å²) in [6, 6.07) is 22.2. The number of allylic oxidation sites excluding steroid dienone is 1. The summed E-state index contributed by atoms with van der Waals surface area (Å²) in [7, 11) is -4.38. The molecule has 3 aromatic carbocycles. The highest BCUT2D eigenvalue weighted by molar-refractivity contribution is 7.90. The molecule has 16 heteroatoms. The van der Waals surface area contributed by atoms with Crippen molar-refractivity contribution in [1.29, 1.82) is 0 Å². The van der Waals surface area contributed by atoms with Crippen LogP contribution in [-0.4, -0.2) is 72.6 Å². The summed E-state index contributed by atoms with van der Waals surface area (Å²) >= 11 is 6.20. The van der Waals surface area contributed by atoms with E-state index in [1.165, 1.54) is 41.6 Å². The second-order valence-corrected chi connectivity index (χ2v) is 17.5. The van der Waals surface area contributed by atoms with Gasteiger partial charge < -0.3 is 15.0 Å². The van der Waals surface area contributed by atoms with Gasteiger partial charge in [0.2, 0.25) is 0 Å². The van der Waals surface area contributed by atoms with Gasteiger partial charge >= 0.3 is 6.18 Å². The Kier molecular flexibility index (Phi) is 11.3. The summed E-state index contributed by atoms with van der Waals surface area (Å²) in [5, 5.41) is 15.3. The number of hydrogen-bond acceptors (Lipinski definition) is 9. The van der Waals surface area contributed by atoms with Crippen molar-refractivity contribution in [2.75, 3.05) is 49.5 Å². The molecule has 0 unspecified atom stereocenters. The number of rotatable bonds is 12. The number of nitro benzene ring substituents is 1. The highest BCUT2D eigenvalue weighted by Crippen LogP contribution is 2.43. The van der Waals surface area contributed by atoms with Gasteiger partial charge in [-0.1, -0.05) is 49.2 Å². The molecule has 0 atom stereocenters. The Morgan fingerprint density at radius 3 is 2.46 bits per heavy atom.